The van der Waals surface area contributed by atoms with E-state index in [0.717, 1.165) is 30.4 Å². The fourth-order valence-corrected chi connectivity index (χ4v) is 2.14. The van der Waals surface area contributed by atoms with Crippen LogP contribution in [0.4, 0.5) is 0 Å². The van der Waals surface area contributed by atoms with Gasteiger partial charge in [0.2, 0.25) is 0 Å². The van der Waals surface area contributed by atoms with Crippen molar-refractivity contribution in [2.24, 2.45) is 5.73 Å². The highest BCUT2D eigenvalue weighted by atomic mass is 16.3. The second-order valence-corrected chi connectivity index (χ2v) is 4.07. The number of phenols is 1. The zero-order chi connectivity index (χ0) is 9.47. The first-order valence-corrected chi connectivity index (χ1v) is 4.71. The molecular formula is C11H15NO. The second kappa shape index (κ2) is 2.74. The molecule has 1 aromatic carbocycles. The van der Waals surface area contributed by atoms with E-state index in [-0.39, 0.29) is 5.54 Å². The van der Waals surface area contributed by atoms with Crippen LogP contribution in [0.15, 0.2) is 18.2 Å². The molecule has 0 fully saturated rings. The first-order valence-electron chi connectivity index (χ1n) is 4.71. The lowest BCUT2D eigenvalue weighted by Gasteiger charge is -2.32. The summed E-state index contributed by atoms with van der Waals surface area (Å²) < 4.78 is 0. The SMILES string of the molecule is CC1(N)CCCc2c(O)cccc21. The quantitative estimate of drug-likeness (QED) is 0.635. The largest absolute Gasteiger partial charge is 0.508 e. The fraction of sp³-hybridized carbons (Fsp3) is 0.455. The van der Waals surface area contributed by atoms with Crippen molar-refractivity contribution in [2.75, 3.05) is 0 Å². The van der Waals surface area contributed by atoms with E-state index in [1.54, 1.807) is 6.07 Å². The summed E-state index contributed by atoms with van der Waals surface area (Å²) in [6.45, 7) is 2.03. The summed E-state index contributed by atoms with van der Waals surface area (Å²) in [5, 5.41) is 9.63. The normalized spacial score (nSPS) is 26.9. The minimum atomic E-state index is -0.258. The van der Waals surface area contributed by atoms with Crippen molar-refractivity contribution in [3.05, 3.63) is 29.3 Å². The molecule has 0 heterocycles. The Hall–Kier alpha value is -1.02. The third kappa shape index (κ3) is 1.31. The molecule has 0 saturated carbocycles. The minimum absolute atomic E-state index is 0.258. The monoisotopic (exact) mass is 177 g/mol. The molecule has 1 aromatic rings. The highest BCUT2D eigenvalue weighted by Crippen LogP contribution is 2.36. The molecule has 70 valence electrons. The van der Waals surface area contributed by atoms with Crippen molar-refractivity contribution >= 4 is 0 Å². The third-order valence-corrected chi connectivity index (χ3v) is 2.89. The van der Waals surface area contributed by atoms with Crippen LogP contribution < -0.4 is 5.73 Å². The van der Waals surface area contributed by atoms with Gasteiger partial charge in [-0.1, -0.05) is 12.1 Å². The van der Waals surface area contributed by atoms with Crippen LogP contribution in [0.1, 0.15) is 30.9 Å². The first-order chi connectivity index (χ1) is 6.11. The summed E-state index contributed by atoms with van der Waals surface area (Å²) in [7, 11) is 0. The highest BCUT2D eigenvalue weighted by Gasteiger charge is 2.28. The van der Waals surface area contributed by atoms with Gasteiger partial charge in [0.25, 0.3) is 0 Å². The Balaban J connectivity index is 2.58. The molecule has 0 aliphatic heterocycles. The molecule has 2 nitrogen and oxygen atoms in total. The molecule has 1 aliphatic rings. The molecule has 0 amide bonds. The molecule has 0 saturated heterocycles. The van der Waals surface area contributed by atoms with E-state index in [0.29, 0.717) is 5.75 Å². The summed E-state index contributed by atoms with van der Waals surface area (Å²) >= 11 is 0. The Morgan fingerprint density at radius 3 is 2.92 bits per heavy atom. The van der Waals surface area contributed by atoms with Crippen molar-refractivity contribution in [2.45, 2.75) is 31.7 Å². The lowest BCUT2D eigenvalue weighted by atomic mass is 9.78. The zero-order valence-corrected chi connectivity index (χ0v) is 7.88. The lowest BCUT2D eigenvalue weighted by molar-refractivity contribution is 0.393. The van der Waals surface area contributed by atoms with Gasteiger partial charge in [0.15, 0.2) is 0 Å². The van der Waals surface area contributed by atoms with Crippen molar-refractivity contribution in [3.63, 3.8) is 0 Å². The number of hydrogen-bond acceptors (Lipinski definition) is 2. The summed E-state index contributed by atoms with van der Waals surface area (Å²) in [6.07, 6.45) is 3.02. The van der Waals surface area contributed by atoms with Gasteiger partial charge in [0, 0.05) is 5.54 Å². The van der Waals surface area contributed by atoms with Crippen molar-refractivity contribution in [3.8, 4) is 5.75 Å². The molecular weight excluding hydrogens is 162 g/mol. The molecule has 2 heteroatoms. The number of nitrogens with two attached hydrogens (primary N) is 1. The molecule has 3 N–H and O–H groups in total. The van der Waals surface area contributed by atoms with Gasteiger partial charge in [-0.25, -0.2) is 0 Å². The van der Waals surface area contributed by atoms with Gasteiger partial charge in [-0.15, -0.1) is 0 Å². The standard InChI is InChI=1S/C11H15NO/c1-11(12)7-3-4-8-9(11)5-2-6-10(8)13/h2,5-6,13H,3-4,7,12H2,1H3. The van der Waals surface area contributed by atoms with Crippen molar-refractivity contribution in [1.82, 2.24) is 0 Å². The maximum absolute atomic E-state index is 9.63. The van der Waals surface area contributed by atoms with Gasteiger partial charge < -0.3 is 10.8 Å². The third-order valence-electron chi connectivity index (χ3n) is 2.89. The lowest BCUT2D eigenvalue weighted by Crippen LogP contribution is -2.36. The maximum atomic E-state index is 9.63. The molecule has 1 aliphatic carbocycles. The molecule has 1 unspecified atom stereocenters. The Kier molecular flexibility index (Phi) is 1.81. The average Bonchev–Trinajstić information content (AvgIpc) is 2.06. The van der Waals surface area contributed by atoms with Crippen LogP contribution >= 0.6 is 0 Å². The van der Waals surface area contributed by atoms with E-state index in [2.05, 4.69) is 0 Å². The summed E-state index contributed by atoms with van der Waals surface area (Å²) in [4.78, 5) is 0. The van der Waals surface area contributed by atoms with Crippen LogP contribution in [0.25, 0.3) is 0 Å². The van der Waals surface area contributed by atoms with Crippen LogP contribution in [0.5, 0.6) is 5.75 Å². The Bertz CT molecular complexity index is 331. The van der Waals surface area contributed by atoms with Gasteiger partial charge in [0.1, 0.15) is 5.75 Å². The number of phenolic OH excluding ortho intramolecular Hbond substituents is 1. The highest BCUT2D eigenvalue weighted by molar-refractivity contribution is 5.44. The van der Waals surface area contributed by atoms with E-state index in [9.17, 15) is 5.11 Å². The number of aromatic hydroxyl groups is 1. The average molecular weight is 177 g/mol. The topological polar surface area (TPSA) is 46.2 Å². The molecule has 2 rings (SSSR count). The minimum Gasteiger partial charge on any atom is -0.508 e. The smallest absolute Gasteiger partial charge is 0.119 e. The number of rotatable bonds is 0. The van der Waals surface area contributed by atoms with Crippen LogP contribution in [-0.4, -0.2) is 5.11 Å². The van der Waals surface area contributed by atoms with E-state index < -0.39 is 0 Å². The zero-order valence-electron chi connectivity index (χ0n) is 7.88. The van der Waals surface area contributed by atoms with Gasteiger partial charge in [-0.2, -0.15) is 0 Å². The van der Waals surface area contributed by atoms with Gasteiger partial charge >= 0.3 is 0 Å². The molecule has 0 spiro atoms. The summed E-state index contributed by atoms with van der Waals surface area (Å²) in [5.74, 6) is 0.397. The van der Waals surface area contributed by atoms with Crippen LogP contribution in [0.2, 0.25) is 0 Å². The second-order valence-electron chi connectivity index (χ2n) is 4.07. The van der Waals surface area contributed by atoms with Gasteiger partial charge in [-0.3, -0.25) is 0 Å². The summed E-state index contributed by atoms with van der Waals surface area (Å²) in [6, 6.07) is 5.62. The van der Waals surface area contributed by atoms with Crippen LogP contribution in [-0.2, 0) is 12.0 Å². The maximum Gasteiger partial charge on any atom is 0.119 e. The predicted molar refractivity (Wildman–Crippen MR) is 52.6 cm³/mol. The molecule has 1 atom stereocenters. The molecule has 0 aromatic heterocycles. The Morgan fingerprint density at radius 2 is 2.23 bits per heavy atom. The van der Waals surface area contributed by atoms with Crippen molar-refractivity contribution in [1.29, 1.82) is 0 Å². The number of hydrogen-bond donors (Lipinski definition) is 2. The first kappa shape index (κ1) is 8.57. The van der Waals surface area contributed by atoms with Crippen molar-refractivity contribution < 1.29 is 5.11 Å². The molecule has 0 radical (unpaired) electrons. The Labute approximate surface area is 78.4 Å². The Morgan fingerprint density at radius 1 is 1.46 bits per heavy atom. The van der Waals surface area contributed by atoms with E-state index in [4.69, 9.17) is 5.73 Å². The van der Waals surface area contributed by atoms with E-state index >= 15 is 0 Å². The van der Waals surface area contributed by atoms with E-state index in [1.807, 2.05) is 19.1 Å². The molecule has 0 bridgehead atoms. The van der Waals surface area contributed by atoms with Crippen LogP contribution in [0, 0.1) is 0 Å². The summed E-state index contributed by atoms with van der Waals surface area (Å²) in [5.41, 5.74) is 8.04. The van der Waals surface area contributed by atoms with Gasteiger partial charge in [-0.05, 0) is 43.4 Å². The fourth-order valence-electron chi connectivity index (χ4n) is 2.14. The van der Waals surface area contributed by atoms with E-state index in [1.165, 1.54) is 0 Å². The molecule has 13 heavy (non-hydrogen) atoms. The number of benzene rings is 1. The number of fused-ring (bicyclic) bond motifs is 1. The van der Waals surface area contributed by atoms with Gasteiger partial charge in [0.05, 0.1) is 0 Å². The predicted octanol–water partition coefficient (Wildman–Crippen LogP) is 1.90. The van der Waals surface area contributed by atoms with Crippen LogP contribution in [0.3, 0.4) is 0 Å².